The van der Waals surface area contributed by atoms with Gasteiger partial charge in [-0.25, -0.2) is 4.79 Å². The molecule has 0 aliphatic rings. The number of thiol groups is 1. The number of carboxylic acid groups (broad SMARTS) is 1. The molecule has 5 heteroatoms. The largest absolute Gasteiger partial charge is 0.478 e. The Morgan fingerprint density at radius 2 is 1.70 bits per heavy atom. The molecule has 0 spiro atoms. The lowest BCUT2D eigenvalue weighted by atomic mass is 10.0. The van der Waals surface area contributed by atoms with Gasteiger partial charge in [0.25, 0.3) is 5.91 Å². The highest BCUT2D eigenvalue weighted by atomic mass is 32.1. The molecular weight excluding hydrogens is 274 g/mol. The van der Waals surface area contributed by atoms with E-state index in [4.69, 9.17) is 5.11 Å². The van der Waals surface area contributed by atoms with E-state index in [2.05, 4.69) is 17.9 Å². The van der Waals surface area contributed by atoms with Gasteiger partial charge in [-0.05, 0) is 35.4 Å². The Kier molecular flexibility index (Phi) is 4.42. The second-order valence-corrected chi connectivity index (χ2v) is 4.44. The summed E-state index contributed by atoms with van der Waals surface area (Å²) < 4.78 is 0. The first-order valence-corrected chi connectivity index (χ1v) is 6.58. The van der Waals surface area contributed by atoms with Crippen LogP contribution in [0.3, 0.4) is 0 Å². The van der Waals surface area contributed by atoms with Gasteiger partial charge >= 0.3 is 5.97 Å². The number of rotatable bonds is 4. The molecule has 20 heavy (non-hydrogen) atoms. The molecular formula is C15H13NO3S. The molecule has 0 aliphatic carbocycles. The van der Waals surface area contributed by atoms with Gasteiger partial charge in [-0.2, -0.15) is 12.6 Å². The van der Waals surface area contributed by atoms with Crippen molar-refractivity contribution in [1.29, 1.82) is 0 Å². The lowest BCUT2D eigenvalue weighted by Gasteiger charge is -2.06. The predicted molar refractivity (Wildman–Crippen MR) is 80.2 cm³/mol. The molecule has 0 saturated heterocycles. The monoisotopic (exact) mass is 287 g/mol. The number of hydrogen-bond acceptors (Lipinski definition) is 3. The first kappa shape index (κ1) is 14.1. The molecule has 0 radical (unpaired) electrons. The smallest absolute Gasteiger partial charge is 0.335 e. The van der Waals surface area contributed by atoms with E-state index in [0.29, 0.717) is 5.56 Å². The topological polar surface area (TPSA) is 66.4 Å². The minimum atomic E-state index is -0.960. The maximum Gasteiger partial charge on any atom is 0.335 e. The third-order valence-electron chi connectivity index (χ3n) is 2.83. The van der Waals surface area contributed by atoms with Crippen LogP contribution in [0.1, 0.15) is 20.7 Å². The summed E-state index contributed by atoms with van der Waals surface area (Å²) in [6.07, 6.45) is 0. The highest BCUT2D eigenvalue weighted by Crippen LogP contribution is 2.21. The van der Waals surface area contributed by atoms with Crippen LogP contribution >= 0.6 is 12.6 Å². The van der Waals surface area contributed by atoms with Crippen LogP contribution in [0.5, 0.6) is 0 Å². The number of aromatic carboxylic acids is 1. The molecule has 0 saturated carbocycles. The van der Waals surface area contributed by atoms with E-state index in [-0.39, 0.29) is 17.3 Å². The van der Waals surface area contributed by atoms with Crippen molar-refractivity contribution in [1.82, 2.24) is 5.32 Å². The van der Waals surface area contributed by atoms with Gasteiger partial charge in [0, 0.05) is 5.56 Å². The molecule has 0 aromatic heterocycles. The van der Waals surface area contributed by atoms with E-state index in [0.717, 1.165) is 11.1 Å². The summed E-state index contributed by atoms with van der Waals surface area (Å²) in [6, 6.07) is 13.7. The van der Waals surface area contributed by atoms with Gasteiger partial charge < -0.3 is 10.4 Å². The van der Waals surface area contributed by atoms with Crippen LogP contribution in [0.4, 0.5) is 0 Å². The number of amides is 1. The van der Waals surface area contributed by atoms with Gasteiger partial charge in [0.15, 0.2) is 0 Å². The third kappa shape index (κ3) is 3.19. The second-order valence-electron chi connectivity index (χ2n) is 4.13. The van der Waals surface area contributed by atoms with Crippen molar-refractivity contribution in [3.05, 3.63) is 59.7 Å². The average molecular weight is 287 g/mol. The van der Waals surface area contributed by atoms with Crippen LogP contribution in [0.2, 0.25) is 0 Å². The number of hydrogen-bond donors (Lipinski definition) is 3. The summed E-state index contributed by atoms with van der Waals surface area (Å²) in [5, 5.41) is 11.5. The molecule has 0 fully saturated rings. The van der Waals surface area contributed by atoms with E-state index in [1.54, 1.807) is 30.3 Å². The van der Waals surface area contributed by atoms with Gasteiger partial charge in [-0.15, -0.1) is 0 Å². The summed E-state index contributed by atoms with van der Waals surface area (Å²) >= 11 is 3.95. The van der Waals surface area contributed by atoms with E-state index >= 15 is 0 Å². The van der Waals surface area contributed by atoms with E-state index in [9.17, 15) is 9.59 Å². The molecule has 4 nitrogen and oxygen atoms in total. The first-order valence-electron chi connectivity index (χ1n) is 5.94. The minimum Gasteiger partial charge on any atom is -0.478 e. The maximum atomic E-state index is 11.7. The molecule has 102 valence electrons. The van der Waals surface area contributed by atoms with Crippen LogP contribution in [0.15, 0.2) is 48.5 Å². The van der Waals surface area contributed by atoms with Gasteiger partial charge in [0.1, 0.15) is 0 Å². The summed E-state index contributed by atoms with van der Waals surface area (Å²) in [5.74, 6) is -0.876. The zero-order chi connectivity index (χ0) is 14.5. The van der Waals surface area contributed by atoms with Crippen molar-refractivity contribution in [2.24, 2.45) is 0 Å². The second kappa shape index (κ2) is 6.25. The zero-order valence-electron chi connectivity index (χ0n) is 10.5. The summed E-state index contributed by atoms with van der Waals surface area (Å²) in [6.45, 7) is 0. The van der Waals surface area contributed by atoms with E-state index < -0.39 is 5.97 Å². The minimum absolute atomic E-state index is 0.191. The van der Waals surface area contributed by atoms with E-state index in [1.807, 2.05) is 6.07 Å². The molecule has 2 rings (SSSR count). The van der Waals surface area contributed by atoms with Crippen molar-refractivity contribution in [3.63, 3.8) is 0 Å². The first-order chi connectivity index (χ1) is 9.61. The van der Waals surface area contributed by atoms with Crippen molar-refractivity contribution in [2.75, 3.05) is 5.88 Å². The third-order valence-corrected chi connectivity index (χ3v) is 2.99. The van der Waals surface area contributed by atoms with Crippen molar-refractivity contribution in [2.45, 2.75) is 0 Å². The predicted octanol–water partition coefficient (Wildman–Crippen LogP) is 2.67. The SMILES string of the molecule is O=C(O)c1ccc(-c2cccc(C(=O)NCS)c2)cc1. The van der Waals surface area contributed by atoms with Crippen molar-refractivity contribution >= 4 is 24.5 Å². The standard InChI is InChI=1S/C15H13NO3S/c17-14(16-9-20)13-3-1-2-12(8-13)10-4-6-11(7-5-10)15(18)19/h1-8,20H,9H2,(H,16,17)(H,18,19). The molecule has 0 aliphatic heterocycles. The molecule has 2 N–H and O–H groups in total. The van der Waals surface area contributed by atoms with Crippen LogP contribution in [0, 0.1) is 0 Å². The van der Waals surface area contributed by atoms with Crippen LogP contribution < -0.4 is 5.32 Å². The van der Waals surface area contributed by atoms with Crippen LogP contribution in [-0.2, 0) is 0 Å². The van der Waals surface area contributed by atoms with Crippen molar-refractivity contribution < 1.29 is 14.7 Å². The Morgan fingerprint density at radius 1 is 1.00 bits per heavy atom. The zero-order valence-corrected chi connectivity index (χ0v) is 11.4. The van der Waals surface area contributed by atoms with Crippen LogP contribution in [0.25, 0.3) is 11.1 Å². The summed E-state index contributed by atoms with van der Waals surface area (Å²) in [7, 11) is 0. The molecule has 0 bridgehead atoms. The van der Waals surface area contributed by atoms with Crippen molar-refractivity contribution in [3.8, 4) is 11.1 Å². The fourth-order valence-corrected chi connectivity index (χ4v) is 1.96. The average Bonchev–Trinajstić information content (AvgIpc) is 2.48. The summed E-state index contributed by atoms with van der Waals surface area (Å²) in [5.41, 5.74) is 2.49. The molecule has 0 atom stereocenters. The van der Waals surface area contributed by atoms with Gasteiger partial charge in [0.05, 0.1) is 11.4 Å². The Bertz CT molecular complexity index is 638. The fourth-order valence-electron chi connectivity index (χ4n) is 1.82. The highest BCUT2D eigenvalue weighted by Gasteiger charge is 2.07. The molecule has 0 heterocycles. The number of nitrogens with one attached hydrogen (secondary N) is 1. The number of carboxylic acids is 1. The Balaban J connectivity index is 2.31. The number of carbonyl (C=O) groups excluding carboxylic acids is 1. The molecule has 1 amide bonds. The Hall–Kier alpha value is -2.27. The normalized spacial score (nSPS) is 10.1. The lowest BCUT2D eigenvalue weighted by molar-refractivity contribution is 0.0696. The Labute approximate surface area is 121 Å². The fraction of sp³-hybridized carbons (Fsp3) is 0.0667. The summed E-state index contributed by atoms with van der Waals surface area (Å²) in [4.78, 5) is 22.5. The lowest BCUT2D eigenvalue weighted by Crippen LogP contribution is -2.21. The molecule has 0 unspecified atom stereocenters. The van der Waals surface area contributed by atoms with E-state index in [1.165, 1.54) is 12.1 Å². The maximum absolute atomic E-state index is 11.7. The quantitative estimate of drug-likeness (QED) is 0.598. The number of benzene rings is 2. The highest BCUT2D eigenvalue weighted by molar-refractivity contribution is 7.80. The Morgan fingerprint density at radius 3 is 2.30 bits per heavy atom. The van der Waals surface area contributed by atoms with Gasteiger partial charge in [-0.1, -0.05) is 24.3 Å². The molecule has 2 aromatic rings. The number of carbonyl (C=O) groups is 2. The van der Waals surface area contributed by atoms with Gasteiger partial charge in [-0.3, -0.25) is 4.79 Å². The molecule has 2 aromatic carbocycles. The van der Waals surface area contributed by atoms with Crippen LogP contribution in [-0.4, -0.2) is 22.9 Å². The van der Waals surface area contributed by atoms with Gasteiger partial charge in [0.2, 0.25) is 0 Å².